The number of aromatic nitrogens is 4. The quantitative estimate of drug-likeness (QED) is 0.601. The van der Waals surface area contributed by atoms with Gasteiger partial charge in [0.25, 0.3) is 5.91 Å². The highest BCUT2D eigenvalue weighted by Crippen LogP contribution is 2.14. The Labute approximate surface area is 160 Å². The zero-order chi connectivity index (χ0) is 19.9. The maximum absolute atomic E-state index is 13.4. The molecule has 0 aliphatic rings. The van der Waals surface area contributed by atoms with Crippen molar-refractivity contribution in [2.24, 2.45) is 0 Å². The van der Waals surface area contributed by atoms with Gasteiger partial charge in [-0.2, -0.15) is 4.68 Å². The molecule has 1 amide bonds. The van der Waals surface area contributed by atoms with E-state index < -0.39 is 11.6 Å². The number of rotatable bonds is 8. The fourth-order valence-corrected chi connectivity index (χ4v) is 2.43. The van der Waals surface area contributed by atoms with Crippen molar-refractivity contribution in [2.75, 3.05) is 6.61 Å². The summed E-state index contributed by atoms with van der Waals surface area (Å²) < 4.78 is 33.3. The third-order valence-corrected chi connectivity index (χ3v) is 3.97. The van der Waals surface area contributed by atoms with Crippen LogP contribution in [0.15, 0.2) is 42.5 Å². The van der Waals surface area contributed by atoms with Gasteiger partial charge in [0.15, 0.2) is 17.5 Å². The molecule has 3 rings (SSSR count). The van der Waals surface area contributed by atoms with Gasteiger partial charge < -0.3 is 10.1 Å². The van der Waals surface area contributed by atoms with E-state index in [0.29, 0.717) is 17.9 Å². The van der Waals surface area contributed by atoms with Gasteiger partial charge in [0.05, 0.1) is 18.8 Å². The second-order valence-corrected chi connectivity index (χ2v) is 6.01. The number of ether oxygens (including phenoxy) is 1. The van der Waals surface area contributed by atoms with Gasteiger partial charge in [-0.3, -0.25) is 4.79 Å². The molecule has 1 aromatic heterocycles. The second kappa shape index (κ2) is 9.03. The third-order valence-electron chi connectivity index (χ3n) is 3.97. The minimum absolute atomic E-state index is 0.0135. The Kier molecular flexibility index (Phi) is 6.25. The van der Waals surface area contributed by atoms with Crippen molar-refractivity contribution < 1.29 is 18.3 Å². The fourth-order valence-electron chi connectivity index (χ4n) is 2.43. The van der Waals surface area contributed by atoms with Crippen molar-refractivity contribution in [3.63, 3.8) is 0 Å². The number of hydrogen-bond donors (Lipinski definition) is 1. The highest BCUT2D eigenvalue weighted by atomic mass is 19.2. The monoisotopic (exact) mass is 387 g/mol. The molecule has 2 aromatic carbocycles. The third kappa shape index (κ3) is 4.67. The van der Waals surface area contributed by atoms with Gasteiger partial charge in [-0.1, -0.05) is 13.3 Å². The number of tetrazole rings is 1. The molecule has 1 N–H and O–H groups in total. The standard InChI is InChI=1S/C19H19F2N5O2/c1-2-3-10-28-15-7-4-13(5-8-15)19(27)22-12-18-23-24-25-26(18)14-6-9-16(20)17(21)11-14/h4-9,11H,2-3,10,12H2,1H3,(H,22,27). The smallest absolute Gasteiger partial charge is 0.251 e. The van der Waals surface area contributed by atoms with Crippen LogP contribution in [0.4, 0.5) is 8.78 Å². The number of carbonyl (C=O) groups is 1. The predicted octanol–water partition coefficient (Wildman–Crippen LogP) is 3.05. The van der Waals surface area contributed by atoms with Crippen LogP contribution in [0.25, 0.3) is 5.69 Å². The number of halogens is 2. The van der Waals surface area contributed by atoms with Crippen LogP contribution < -0.4 is 10.1 Å². The lowest BCUT2D eigenvalue weighted by Crippen LogP contribution is -2.24. The fraction of sp³-hybridized carbons (Fsp3) is 0.263. The Morgan fingerprint density at radius 1 is 1.14 bits per heavy atom. The Hall–Kier alpha value is -3.36. The molecule has 0 aliphatic carbocycles. The predicted molar refractivity (Wildman–Crippen MR) is 97.1 cm³/mol. The van der Waals surface area contributed by atoms with E-state index >= 15 is 0 Å². The summed E-state index contributed by atoms with van der Waals surface area (Å²) in [5.74, 6) is -1.32. The first kappa shape index (κ1) is 19.4. The van der Waals surface area contributed by atoms with Gasteiger partial charge in [-0.25, -0.2) is 8.78 Å². The first-order valence-electron chi connectivity index (χ1n) is 8.82. The molecule has 0 saturated carbocycles. The molecule has 3 aromatic rings. The van der Waals surface area contributed by atoms with Crippen LogP contribution in [0.2, 0.25) is 0 Å². The lowest BCUT2D eigenvalue weighted by atomic mass is 10.2. The molecule has 146 valence electrons. The van der Waals surface area contributed by atoms with Crippen LogP contribution in [0.5, 0.6) is 5.75 Å². The summed E-state index contributed by atoms with van der Waals surface area (Å²) in [5, 5.41) is 13.8. The highest BCUT2D eigenvalue weighted by Gasteiger charge is 2.13. The topological polar surface area (TPSA) is 81.9 Å². The molecular weight excluding hydrogens is 368 g/mol. The number of amides is 1. The van der Waals surface area contributed by atoms with Crippen molar-refractivity contribution in [1.82, 2.24) is 25.5 Å². The molecule has 0 unspecified atom stereocenters. The SMILES string of the molecule is CCCCOc1ccc(C(=O)NCc2nnnn2-c2ccc(F)c(F)c2)cc1. The van der Waals surface area contributed by atoms with E-state index in [1.807, 2.05) is 0 Å². The lowest BCUT2D eigenvalue weighted by molar-refractivity contribution is 0.0949. The van der Waals surface area contributed by atoms with Crippen LogP contribution >= 0.6 is 0 Å². The molecule has 7 nitrogen and oxygen atoms in total. The number of carbonyl (C=O) groups excluding carboxylic acids is 1. The highest BCUT2D eigenvalue weighted by molar-refractivity contribution is 5.94. The Morgan fingerprint density at radius 2 is 1.93 bits per heavy atom. The minimum Gasteiger partial charge on any atom is -0.494 e. The zero-order valence-electron chi connectivity index (χ0n) is 15.2. The van der Waals surface area contributed by atoms with E-state index in [4.69, 9.17) is 4.74 Å². The van der Waals surface area contributed by atoms with Crippen LogP contribution in [-0.4, -0.2) is 32.7 Å². The van der Waals surface area contributed by atoms with Crippen LogP contribution in [0.3, 0.4) is 0 Å². The first-order chi connectivity index (χ1) is 13.6. The van der Waals surface area contributed by atoms with E-state index in [1.165, 1.54) is 10.7 Å². The zero-order valence-corrected chi connectivity index (χ0v) is 15.2. The molecule has 0 bridgehead atoms. The maximum Gasteiger partial charge on any atom is 0.251 e. The molecule has 0 aliphatic heterocycles. The molecule has 0 radical (unpaired) electrons. The number of nitrogens with zero attached hydrogens (tertiary/aromatic N) is 4. The number of benzene rings is 2. The molecule has 0 saturated heterocycles. The molecule has 1 heterocycles. The Morgan fingerprint density at radius 3 is 2.64 bits per heavy atom. The van der Waals surface area contributed by atoms with E-state index in [-0.39, 0.29) is 24.0 Å². The summed E-state index contributed by atoms with van der Waals surface area (Å²) in [6.07, 6.45) is 2.01. The molecule has 0 atom stereocenters. The summed E-state index contributed by atoms with van der Waals surface area (Å²) in [4.78, 5) is 12.3. The van der Waals surface area contributed by atoms with Crippen molar-refractivity contribution in [2.45, 2.75) is 26.3 Å². The van der Waals surface area contributed by atoms with Crippen LogP contribution in [0, 0.1) is 11.6 Å². The summed E-state index contributed by atoms with van der Waals surface area (Å²) in [6.45, 7) is 2.73. The van der Waals surface area contributed by atoms with Gasteiger partial charge in [0, 0.05) is 11.6 Å². The number of hydrogen-bond acceptors (Lipinski definition) is 5. The van der Waals surface area contributed by atoms with Crippen LogP contribution in [0.1, 0.15) is 35.9 Å². The lowest BCUT2D eigenvalue weighted by Gasteiger charge is -2.08. The number of unbranched alkanes of at least 4 members (excludes halogenated alkanes) is 1. The summed E-state index contributed by atoms with van der Waals surface area (Å²) in [7, 11) is 0. The molecular formula is C19H19F2N5O2. The Bertz CT molecular complexity index is 944. The van der Waals surface area contributed by atoms with E-state index in [9.17, 15) is 13.6 Å². The van der Waals surface area contributed by atoms with Crippen molar-refractivity contribution in [3.05, 3.63) is 65.5 Å². The largest absolute Gasteiger partial charge is 0.494 e. The van der Waals surface area contributed by atoms with Crippen LogP contribution in [-0.2, 0) is 6.54 Å². The van der Waals surface area contributed by atoms with Crippen molar-refractivity contribution in [1.29, 1.82) is 0 Å². The van der Waals surface area contributed by atoms with Gasteiger partial charge in [0.2, 0.25) is 0 Å². The molecule has 28 heavy (non-hydrogen) atoms. The van der Waals surface area contributed by atoms with Crippen molar-refractivity contribution in [3.8, 4) is 11.4 Å². The summed E-state index contributed by atoms with van der Waals surface area (Å²) >= 11 is 0. The molecule has 0 fully saturated rings. The number of nitrogens with one attached hydrogen (secondary N) is 1. The van der Waals surface area contributed by atoms with E-state index in [0.717, 1.165) is 25.0 Å². The average Bonchev–Trinajstić information content (AvgIpc) is 3.17. The minimum atomic E-state index is -1.01. The molecule has 9 heteroatoms. The average molecular weight is 387 g/mol. The van der Waals surface area contributed by atoms with Gasteiger partial charge >= 0.3 is 0 Å². The van der Waals surface area contributed by atoms with Gasteiger partial charge in [-0.05, 0) is 53.2 Å². The normalized spacial score (nSPS) is 10.7. The Balaban J connectivity index is 1.62. The van der Waals surface area contributed by atoms with E-state index in [2.05, 4.69) is 27.8 Å². The maximum atomic E-state index is 13.4. The first-order valence-corrected chi connectivity index (χ1v) is 8.82. The van der Waals surface area contributed by atoms with Gasteiger partial charge in [-0.15, -0.1) is 5.10 Å². The summed E-state index contributed by atoms with van der Waals surface area (Å²) in [5.41, 5.74) is 0.705. The van der Waals surface area contributed by atoms with E-state index in [1.54, 1.807) is 24.3 Å². The van der Waals surface area contributed by atoms with Gasteiger partial charge in [0.1, 0.15) is 5.75 Å². The summed E-state index contributed by atoms with van der Waals surface area (Å²) in [6, 6.07) is 10.1. The van der Waals surface area contributed by atoms with Crippen molar-refractivity contribution >= 4 is 5.91 Å². The molecule has 0 spiro atoms. The second-order valence-electron chi connectivity index (χ2n) is 6.01.